The SMILES string of the molecule is CCC(CC)(C(=O)NC(C)C(C)C(=O)O)c1ccc(OC)c(OC)c1. The molecule has 6 nitrogen and oxygen atoms in total. The number of carboxylic acids is 1. The number of hydrogen-bond donors (Lipinski definition) is 2. The number of hydrogen-bond acceptors (Lipinski definition) is 4. The summed E-state index contributed by atoms with van der Waals surface area (Å²) in [5, 5.41) is 12.0. The first-order chi connectivity index (χ1) is 11.8. The van der Waals surface area contributed by atoms with Gasteiger partial charge >= 0.3 is 5.97 Å². The topological polar surface area (TPSA) is 84.9 Å². The standard InChI is InChI=1S/C19H29NO5/c1-7-19(8-2,18(23)20-13(4)12(3)17(21)22)14-9-10-15(24-5)16(11-14)25-6/h9-13H,7-8H2,1-6H3,(H,20,23)(H,21,22). The highest BCUT2D eigenvalue weighted by Crippen LogP contribution is 2.37. The Bertz CT molecular complexity index is 610. The zero-order valence-electron chi connectivity index (χ0n) is 15.9. The molecule has 0 fully saturated rings. The number of benzene rings is 1. The second-order valence-corrected chi connectivity index (χ2v) is 6.25. The van der Waals surface area contributed by atoms with E-state index in [2.05, 4.69) is 5.32 Å². The molecule has 0 heterocycles. The molecule has 1 aromatic rings. The Morgan fingerprint density at radius 2 is 1.68 bits per heavy atom. The first kappa shape index (κ1) is 20.8. The Kier molecular flexibility index (Phi) is 7.27. The fourth-order valence-corrected chi connectivity index (χ4v) is 2.93. The number of ether oxygens (including phenoxy) is 2. The van der Waals surface area contributed by atoms with Crippen molar-refractivity contribution in [1.29, 1.82) is 0 Å². The first-order valence-electron chi connectivity index (χ1n) is 8.53. The van der Waals surface area contributed by atoms with Crippen LogP contribution in [0.25, 0.3) is 0 Å². The van der Waals surface area contributed by atoms with Crippen molar-refractivity contribution in [3.63, 3.8) is 0 Å². The number of carbonyl (C=O) groups is 2. The van der Waals surface area contributed by atoms with E-state index in [4.69, 9.17) is 14.6 Å². The predicted molar refractivity (Wildman–Crippen MR) is 96.2 cm³/mol. The molecule has 1 aromatic carbocycles. The molecule has 2 N–H and O–H groups in total. The Labute approximate surface area is 149 Å². The Hall–Kier alpha value is -2.24. The molecule has 0 saturated carbocycles. The van der Waals surface area contributed by atoms with Crippen molar-refractivity contribution in [1.82, 2.24) is 5.32 Å². The number of aliphatic carboxylic acids is 1. The van der Waals surface area contributed by atoms with Crippen LogP contribution in [0.3, 0.4) is 0 Å². The second-order valence-electron chi connectivity index (χ2n) is 6.25. The summed E-state index contributed by atoms with van der Waals surface area (Å²) in [6.45, 7) is 7.20. The fraction of sp³-hybridized carbons (Fsp3) is 0.579. The highest BCUT2D eigenvalue weighted by molar-refractivity contribution is 5.89. The van der Waals surface area contributed by atoms with E-state index in [9.17, 15) is 9.59 Å². The van der Waals surface area contributed by atoms with Gasteiger partial charge in [-0.2, -0.15) is 0 Å². The second kappa shape index (κ2) is 8.74. The number of rotatable bonds is 9. The third-order valence-corrected chi connectivity index (χ3v) is 5.08. The Morgan fingerprint density at radius 3 is 2.12 bits per heavy atom. The number of carboxylic acid groups (broad SMARTS) is 1. The molecule has 2 unspecified atom stereocenters. The van der Waals surface area contributed by atoms with Gasteiger partial charge in [-0.25, -0.2) is 0 Å². The largest absolute Gasteiger partial charge is 0.493 e. The summed E-state index contributed by atoms with van der Waals surface area (Å²) in [4.78, 5) is 24.2. The van der Waals surface area contributed by atoms with Gasteiger partial charge in [-0.3, -0.25) is 9.59 Å². The minimum Gasteiger partial charge on any atom is -0.493 e. The molecule has 0 aliphatic carbocycles. The van der Waals surface area contributed by atoms with Crippen LogP contribution in [0.2, 0.25) is 0 Å². The van der Waals surface area contributed by atoms with Gasteiger partial charge in [-0.15, -0.1) is 0 Å². The van der Waals surface area contributed by atoms with Crippen LogP contribution in [0.15, 0.2) is 18.2 Å². The number of nitrogens with one attached hydrogen (secondary N) is 1. The van der Waals surface area contributed by atoms with Crippen molar-refractivity contribution in [2.24, 2.45) is 5.92 Å². The minimum atomic E-state index is -0.933. The summed E-state index contributed by atoms with van der Waals surface area (Å²) < 4.78 is 10.6. The average molecular weight is 351 g/mol. The van der Waals surface area contributed by atoms with Gasteiger partial charge in [0.15, 0.2) is 11.5 Å². The Morgan fingerprint density at radius 1 is 1.12 bits per heavy atom. The zero-order valence-corrected chi connectivity index (χ0v) is 15.9. The molecule has 0 aliphatic rings. The molecule has 140 valence electrons. The summed E-state index contributed by atoms with van der Waals surface area (Å²) in [7, 11) is 3.12. The number of amides is 1. The third-order valence-electron chi connectivity index (χ3n) is 5.08. The highest BCUT2D eigenvalue weighted by atomic mass is 16.5. The van der Waals surface area contributed by atoms with E-state index in [1.54, 1.807) is 34.1 Å². The van der Waals surface area contributed by atoms with Crippen molar-refractivity contribution in [3.05, 3.63) is 23.8 Å². The lowest BCUT2D eigenvalue weighted by Crippen LogP contribution is -2.49. The van der Waals surface area contributed by atoms with Gasteiger partial charge < -0.3 is 19.9 Å². The lowest BCUT2D eigenvalue weighted by atomic mass is 9.74. The maximum Gasteiger partial charge on any atom is 0.308 e. The van der Waals surface area contributed by atoms with Crippen LogP contribution in [0, 0.1) is 5.92 Å². The summed E-state index contributed by atoms with van der Waals surface area (Å²) in [5.41, 5.74) is 0.0642. The number of carbonyl (C=O) groups excluding carboxylic acids is 1. The van der Waals surface area contributed by atoms with E-state index < -0.39 is 23.3 Å². The van der Waals surface area contributed by atoms with Gasteiger partial charge in [-0.1, -0.05) is 19.9 Å². The van der Waals surface area contributed by atoms with Crippen molar-refractivity contribution >= 4 is 11.9 Å². The normalized spacial score (nSPS) is 13.7. The summed E-state index contributed by atoms with van der Waals surface area (Å²) in [5.74, 6) is -0.616. The highest BCUT2D eigenvalue weighted by Gasteiger charge is 2.38. The maximum absolute atomic E-state index is 13.0. The summed E-state index contributed by atoms with van der Waals surface area (Å²) in [6, 6.07) is 4.99. The van der Waals surface area contributed by atoms with Crippen LogP contribution < -0.4 is 14.8 Å². The molecule has 0 bridgehead atoms. The van der Waals surface area contributed by atoms with Crippen LogP contribution >= 0.6 is 0 Å². The predicted octanol–water partition coefficient (Wildman–Crippen LogP) is 2.99. The number of methoxy groups -OCH3 is 2. The van der Waals surface area contributed by atoms with Crippen molar-refractivity contribution in [2.45, 2.75) is 52.0 Å². The third kappa shape index (κ3) is 4.24. The van der Waals surface area contributed by atoms with E-state index in [0.29, 0.717) is 24.3 Å². The Balaban J connectivity index is 3.23. The molecule has 1 rings (SSSR count). The van der Waals surface area contributed by atoms with Gasteiger partial charge in [0.2, 0.25) is 5.91 Å². The molecule has 2 atom stereocenters. The van der Waals surface area contributed by atoms with Gasteiger partial charge in [0.1, 0.15) is 0 Å². The van der Waals surface area contributed by atoms with Crippen molar-refractivity contribution < 1.29 is 24.2 Å². The van der Waals surface area contributed by atoms with Crippen LogP contribution in [0.5, 0.6) is 11.5 Å². The molecule has 0 spiro atoms. The molecule has 1 amide bonds. The van der Waals surface area contributed by atoms with Crippen LogP contribution in [-0.2, 0) is 15.0 Å². The molecule has 25 heavy (non-hydrogen) atoms. The fourth-order valence-electron chi connectivity index (χ4n) is 2.93. The monoisotopic (exact) mass is 351 g/mol. The average Bonchev–Trinajstić information content (AvgIpc) is 2.61. The van der Waals surface area contributed by atoms with Crippen molar-refractivity contribution in [2.75, 3.05) is 14.2 Å². The molecule has 0 radical (unpaired) electrons. The van der Waals surface area contributed by atoms with E-state index in [0.717, 1.165) is 5.56 Å². The smallest absolute Gasteiger partial charge is 0.308 e. The first-order valence-corrected chi connectivity index (χ1v) is 8.53. The zero-order chi connectivity index (χ0) is 19.2. The van der Waals surface area contributed by atoms with Crippen molar-refractivity contribution in [3.8, 4) is 11.5 Å². The van der Waals surface area contributed by atoms with Gasteiger partial charge in [0.05, 0.1) is 25.6 Å². The molecular formula is C19H29NO5. The molecular weight excluding hydrogens is 322 g/mol. The minimum absolute atomic E-state index is 0.176. The molecule has 6 heteroatoms. The lowest BCUT2D eigenvalue weighted by molar-refractivity contribution is -0.142. The van der Waals surface area contributed by atoms with E-state index in [1.807, 2.05) is 26.0 Å². The van der Waals surface area contributed by atoms with E-state index >= 15 is 0 Å². The maximum atomic E-state index is 13.0. The van der Waals surface area contributed by atoms with Crippen LogP contribution in [-0.4, -0.2) is 37.2 Å². The van der Waals surface area contributed by atoms with Crippen LogP contribution in [0.4, 0.5) is 0 Å². The lowest BCUT2D eigenvalue weighted by Gasteiger charge is -2.33. The van der Waals surface area contributed by atoms with Gasteiger partial charge in [-0.05, 0) is 44.4 Å². The molecule has 0 saturated heterocycles. The van der Waals surface area contributed by atoms with Crippen LogP contribution in [0.1, 0.15) is 46.1 Å². The van der Waals surface area contributed by atoms with E-state index in [1.165, 1.54) is 0 Å². The molecule has 0 aliphatic heterocycles. The summed E-state index contributed by atoms with van der Waals surface area (Å²) in [6.07, 6.45) is 1.16. The summed E-state index contributed by atoms with van der Waals surface area (Å²) >= 11 is 0. The quantitative estimate of drug-likeness (QED) is 0.714. The van der Waals surface area contributed by atoms with Gasteiger partial charge in [0, 0.05) is 6.04 Å². The molecule has 0 aromatic heterocycles. The van der Waals surface area contributed by atoms with Gasteiger partial charge in [0.25, 0.3) is 0 Å². The van der Waals surface area contributed by atoms with E-state index in [-0.39, 0.29) is 5.91 Å².